The van der Waals surface area contributed by atoms with Gasteiger partial charge >= 0.3 is 5.03 Å². The van der Waals surface area contributed by atoms with Gasteiger partial charge in [0.2, 0.25) is 12.4 Å². The number of benzene rings is 2. The SMILES string of the molecule is Cc1ccc(C)c(CS(O)(O)c2cc(C)cc[n+]2O)c1.Cc1ccc(C)c(CSc2cc(C)cc[n+]2O)c1.OO. The number of hydrogen-bond acceptors (Lipinski definition) is 7. The first-order valence-electron chi connectivity index (χ1n) is 12.5. The highest BCUT2D eigenvalue weighted by Crippen LogP contribution is 2.49. The van der Waals surface area contributed by atoms with Gasteiger partial charge in [0.1, 0.15) is 0 Å². The van der Waals surface area contributed by atoms with Gasteiger partial charge < -0.3 is 0 Å². The smallest absolute Gasteiger partial charge is 0.290 e. The summed E-state index contributed by atoms with van der Waals surface area (Å²) < 4.78 is 22.8. The Labute approximate surface area is 242 Å². The molecule has 0 spiro atoms. The van der Waals surface area contributed by atoms with Crippen LogP contribution in [-0.2, 0) is 11.5 Å². The van der Waals surface area contributed by atoms with E-state index in [0.29, 0.717) is 0 Å². The van der Waals surface area contributed by atoms with E-state index in [1.165, 1.54) is 27.6 Å². The van der Waals surface area contributed by atoms with Crippen molar-refractivity contribution in [2.45, 2.75) is 63.1 Å². The number of aromatic nitrogens is 2. The molecule has 0 saturated carbocycles. The van der Waals surface area contributed by atoms with Gasteiger partial charge in [0, 0.05) is 39.5 Å². The lowest BCUT2D eigenvalue weighted by molar-refractivity contribution is -0.933. The van der Waals surface area contributed by atoms with Crippen molar-refractivity contribution in [1.82, 2.24) is 0 Å². The van der Waals surface area contributed by atoms with Gasteiger partial charge in [0.15, 0.2) is 0 Å². The van der Waals surface area contributed by atoms with Gasteiger partial charge in [0.25, 0.3) is 5.03 Å². The van der Waals surface area contributed by atoms with E-state index in [0.717, 1.165) is 43.3 Å². The molecule has 2 aromatic carbocycles. The Morgan fingerprint density at radius 3 is 1.70 bits per heavy atom. The van der Waals surface area contributed by atoms with E-state index < -0.39 is 10.6 Å². The fourth-order valence-corrected chi connectivity index (χ4v) is 6.55. The van der Waals surface area contributed by atoms with Crippen LogP contribution in [0.25, 0.3) is 0 Å². The van der Waals surface area contributed by atoms with Crippen LogP contribution in [0.15, 0.2) is 83.1 Å². The maximum Gasteiger partial charge on any atom is 0.344 e. The van der Waals surface area contributed by atoms with Gasteiger partial charge in [0.05, 0.1) is 5.75 Å². The zero-order valence-electron chi connectivity index (χ0n) is 23.7. The predicted molar refractivity (Wildman–Crippen MR) is 159 cm³/mol. The standard InChI is InChI=1S/C15H19NO3S.C15H18NOS.H2O2/c1-11-4-5-13(3)14(8-11)10-20(18,19)15-9-12(2)6-7-16(15)17;1-11-4-5-13(3)14(8-11)10-18-15-9-12(2)6-7-16(15)17;1-2/h4-9H,10H2,1-3H3,(H2-,17,18,19);4-9,17H,10H2,1-3H3;1-2H/q;+1;/p+1. The molecule has 0 saturated heterocycles. The van der Waals surface area contributed by atoms with Crippen molar-refractivity contribution in [1.29, 1.82) is 0 Å². The highest BCUT2D eigenvalue weighted by Gasteiger charge is 2.28. The summed E-state index contributed by atoms with van der Waals surface area (Å²) in [7, 11) is -3.09. The van der Waals surface area contributed by atoms with Crippen LogP contribution < -0.4 is 9.46 Å². The van der Waals surface area contributed by atoms with Crippen molar-refractivity contribution in [3.05, 3.63) is 118 Å². The highest BCUT2D eigenvalue weighted by molar-refractivity contribution is 8.23. The Morgan fingerprint density at radius 2 is 1.10 bits per heavy atom. The summed E-state index contributed by atoms with van der Waals surface area (Å²) >= 11 is 1.65. The molecule has 0 aliphatic carbocycles. The molecule has 10 heteroatoms. The van der Waals surface area contributed by atoms with E-state index in [-0.39, 0.29) is 10.8 Å². The molecule has 4 aromatic rings. The van der Waals surface area contributed by atoms with Crippen molar-refractivity contribution in [2.75, 3.05) is 0 Å². The number of nitrogens with zero attached hydrogens (tertiary/aromatic N) is 2. The Kier molecular flexibility index (Phi) is 12.4. The molecule has 4 rings (SSSR count). The first-order chi connectivity index (χ1) is 18.9. The second-order valence-corrected chi connectivity index (χ2v) is 12.8. The number of rotatable bonds is 6. The van der Waals surface area contributed by atoms with Gasteiger partial charge in [-0.2, -0.15) is 0 Å². The van der Waals surface area contributed by atoms with Crippen LogP contribution in [0.4, 0.5) is 0 Å². The third kappa shape index (κ3) is 9.51. The van der Waals surface area contributed by atoms with Crippen LogP contribution in [0.1, 0.15) is 44.5 Å². The van der Waals surface area contributed by atoms with E-state index in [1.54, 1.807) is 30.1 Å². The maximum absolute atomic E-state index is 10.4. The highest BCUT2D eigenvalue weighted by atomic mass is 32.3. The van der Waals surface area contributed by atoms with Crippen LogP contribution in [-0.4, -0.2) is 30.0 Å². The van der Waals surface area contributed by atoms with Gasteiger partial charge in [-0.25, -0.2) is 0 Å². The van der Waals surface area contributed by atoms with E-state index in [9.17, 15) is 19.5 Å². The van der Waals surface area contributed by atoms with Gasteiger partial charge in [-0.05, 0) is 86.7 Å². The fraction of sp³-hybridized carbons (Fsp3) is 0.267. The second-order valence-electron chi connectivity index (χ2n) is 9.73. The average molecular weight is 589 g/mol. The summed E-state index contributed by atoms with van der Waals surface area (Å²) in [5.41, 5.74) is 8.88. The largest absolute Gasteiger partial charge is 0.344 e. The number of hydrogen-bond donors (Lipinski definition) is 6. The lowest BCUT2D eigenvalue weighted by atomic mass is 10.1. The Hall–Kier alpha value is -3.12. The van der Waals surface area contributed by atoms with Gasteiger partial charge in [-0.15, -0.1) is 10.6 Å². The van der Waals surface area contributed by atoms with Crippen LogP contribution in [0.5, 0.6) is 0 Å². The van der Waals surface area contributed by atoms with Gasteiger partial charge in [-0.3, -0.25) is 30.0 Å². The maximum atomic E-state index is 10.4. The average Bonchev–Trinajstić information content (AvgIpc) is 2.91. The molecular weight excluding hydrogens is 548 g/mol. The molecule has 2 heterocycles. The summed E-state index contributed by atoms with van der Waals surface area (Å²) in [6.45, 7) is 12.0. The van der Waals surface area contributed by atoms with Crippen molar-refractivity contribution >= 4 is 22.4 Å². The predicted octanol–water partition coefficient (Wildman–Crippen LogP) is 6.89. The van der Waals surface area contributed by atoms with E-state index in [2.05, 4.69) is 32.0 Å². The lowest BCUT2D eigenvalue weighted by Crippen LogP contribution is -2.35. The molecule has 0 radical (unpaired) electrons. The monoisotopic (exact) mass is 588 g/mol. The molecule has 6 N–H and O–H groups in total. The summed E-state index contributed by atoms with van der Waals surface area (Å²) in [5, 5.41) is 32.5. The minimum absolute atomic E-state index is 0.102. The van der Waals surface area contributed by atoms with Crippen molar-refractivity contribution in [3.8, 4) is 0 Å². The molecule has 0 amide bonds. The molecule has 0 unspecified atom stereocenters. The quantitative estimate of drug-likeness (QED) is 0.0476. The molecule has 40 heavy (non-hydrogen) atoms. The molecule has 2 aromatic heterocycles. The third-order valence-electron chi connectivity index (χ3n) is 6.19. The fourth-order valence-electron chi connectivity index (χ4n) is 3.85. The molecule has 0 aliphatic rings. The second kappa shape index (κ2) is 15.0. The van der Waals surface area contributed by atoms with Crippen LogP contribution in [0.3, 0.4) is 0 Å². The Bertz CT molecular complexity index is 1380. The van der Waals surface area contributed by atoms with Crippen LogP contribution in [0, 0.1) is 41.5 Å². The zero-order chi connectivity index (χ0) is 30.0. The number of thioether (sulfide) groups is 1. The number of aryl methyl sites for hydroxylation is 6. The molecule has 0 atom stereocenters. The Balaban J connectivity index is 0.000000265. The topological polar surface area (TPSA) is 129 Å². The minimum atomic E-state index is -3.09. The normalized spacial score (nSPS) is 11.2. The minimum Gasteiger partial charge on any atom is -0.290 e. The first-order valence-corrected chi connectivity index (χ1v) is 15.2. The van der Waals surface area contributed by atoms with E-state index in [4.69, 9.17) is 10.5 Å². The van der Waals surface area contributed by atoms with E-state index >= 15 is 0 Å². The zero-order valence-corrected chi connectivity index (χ0v) is 25.4. The molecule has 0 bridgehead atoms. The summed E-state index contributed by atoms with van der Waals surface area (Å²) in [5.74, 6) is 0.974. The summed E-state index contributed by atoms with van der Waals surface area (Å²) in [6.07, 6.45) is 3.10. The third-order valence-corrected chi connectivity index (χ3v) is 8.93. The summed E-state index contributed by atoms with van der Waals surface area (Å²) in [6, 6.07) is 19.6. The van der Waals surface area contributed by atoms with Crippen molar-refractivity contribution in [3.63, 3.8) is 0 Å². The van der Waals surface area contributed by atoms with Crippen molar-refractivity contribution in [2.24, 2.45) is 0 Å². The van der Waals surface area contributed by atoms with E-state index in [1.807, 2.05) is 58.0 Å². The Morgan fingerprint density at radius 1 is 0.625 bits per heavy atom. The lowest BCUT2D eigenvalue weighted by Gasteiger charge is -2.28. The molecule has 0 aliphatic heterocycles. The molecular formula is C30H40N2O6S2+2. The van der Waals surface area contributed by atoms with Crippen LogP contribution in [0.2, 0.25) is 0 Å². The molecule has 8 nitrogen and oxygen atoms in total. The summed E-state index contributed by atoms with van der Waals surface area (Å²) in [4.78, 5) is 0. The number of pyridine rings is 2. The van der Waals surface area contributed by atoms with Gasteiger partial charge in [-0.1, -0.05) is 47.5 Å². The first kappa shape index (κ1) is 33.1. The van der Waals surface area contributed by atoms with Crippen LogP contribution >= 0.6 is 22.4 Å². The van der Waals surface area contributed by atoms with Crippen molar-refractivity contribution < 1.29 is 39.5 Å². The molecule has 216 valence electrons. The molecule has 0 fully saturated rings.